The molecule has 0 heteroatoms. The van der Waals surface area contributed by atoms with E-state index in [1.54, 1.807) is 44.1 Å². The maximum Gasteiger partial charge on any atom is -0.0264 e. The molecule has 0 saturated heterocycles. The lowest BCUT2D eigenvalue weighted by Gasteiger charge is -2.58. The van der Waals surface area contributed by atoms with Gasteiger partial charge in [-0.25, -0.2) is 0 Å². The summed E-state index contributed by atoms with van der Waals surface area (Å²) in [5.74, 6) is 7.21. The Morgan fingerprint density at radius 2 is 1.71 bits per heavy atom. The predicted octanol–water partition coefficient (Wildman–Crippen LogP) is 8.66. The Balaban J connectivity index is 1.48. The molecule has 4 rings (SSSR count). The van der Waals surface area contributed by atoms with Crippen LogP contribution in [0.25, 0.3) is 0 Å². The first-order valence-electron chi connectivity index (χ1n) is 12.9. The third kappa shape index (κ3) is 3.43. The number of rotatable bonds is 4. The van der Waals surface area contributed by atoms with Gasteiger partial charge in [0.25, 0.3) is 0 Å². The highest BCUT2D eigenvalue weighted by Gasteiger charge is 2.58. The first kappa shape index (κ1) is 21.0. The zero-order valence-electron chi connectivity index (χ0n) is 19.9. The van der Waals surface area contributed by atoms with Crippen LogP contribution in [-0.2, 0) is 0 Å². The fraction of sp³-hybridized carbons (Fsp3) is 0.929. The SMILES string of the molecule is C/C=C(\C)CC(C)C1CCC2C3CCC4C[C@@](C)(CC)CCC4C3CCC12C. The highest BCUT2D eigenvalue weighted by molar-refractivity contribution is 5.08. The van der Waals surface area contributed by atoms with Crippen LogP contribution in [0.4, 0.5) is 0 Å². The van der Waals surface area contributed by atoms with E-state index >= 15 is 0 Å². The fourth-order valence-electron chi connectivity index (χ4n) is 9.25. The molecule has 0 aromatic rings. The van der Waals surface area contributed by atoms with Crippen LogP contribution in [0.2, 0.25) is 0 Å². The molecule has 4 aliphatic rings. The summed E-state index contributed by atoms with van der Waals surface area (Å²) in [7, 11) is 0. The molecule has 0 aromatic carbocycles. The van der Waals surface area contributed by atoms with Gasteiger partial charge in [-0.05, 0) is 130 Å². The zero-order chi connectivity index (χ0) is 20.1. The van der Waals surface area contributed by atoms with Crippen LogP contribution in [-0.4, -0.2) is 0 Å². The molecule has 0 heterocycles. The monoisotopic (exact) mass is 384 g/mol. The van der Waals surface area contributed by atoms with Crippen LogP contribution in [0.3, 0.4) is 0 Å². The van der Waals surface area contributed by atoms with E-state index in [1.165, 1.54) is 32.1 Å². The van der Waals surface area contributed by atoms with Crippen LogP contribution in [0, 0.1) is 52.3 Å². The Morgan fingerprint density at radius 3 is 2.43 bits per heavy atom. The minimum atomic E-state index is 0.647. The summed E-state index contributed by atoms with van der Waals surface area (Å²) in [6, 6.07) is 0. The molecule has 4 saturated carbocycles. The van der Waals surface area contributed by atoms with Crippen LogP contribution in [0.15, 0.2) is 11.6 Å². The summed E-state index contributed by atoms with van der Waals surface area (Å²) in [6.07, 6.45) is 19.0. The third-order valence-corrected chi connectivity index (χ3v) is 11.1. The van der Waals surface area contributed by atoms with E-state index < -0.39 is 0 Å². The first-order valence-corrected chi connectivity index (χ1v) is 12.9. The molecular formula is C28H48. The lowest BCUT2D eigenvalue weighted by atomic mass is 9.47. The molecule has 160 valence electrons. The van der Waals surface area contributed by atoms with Crippen molar-refractivity contribution in [3.8, 4) is 0 Å². The van der Waals surface area contributed by atoms with Gasteiger partial charge < -0.3 is 0 Å². The largest absolute Gasteiger partial charge is 0.0887 e. The molecular weight excluding hydrogens is 336 g/mol. The van der Waals surface area contributed by atoms with Crippen molar-refractivity contribution in [1.82, 2.24) is 0 Å². The van der Waals surface area contributed by atoms with Gasteiger partial charge >= 0.3 is 0 Å². The zero-order valence-corrected chi connectivity index (χ0v) is 19.9. The van der Waals surface area contributed by atoms with Gasteiger partial charge in [-0.2, -0.15) is 0 Å². The Kier molecular flexibility index (Phi) is 5.83. The second-order valence-corrected chi connectivity index (χ2v) is 12.4. The maximum atomic E-state index is 2.73. The van der Waals surface area contributed by atoms with Crippen molar-refractivity contribution in [2.24, 2.45) is 52.3 Å². The van der Waals surface area contributed by atoms with Gasteiger partial charge in [0.2, 0.25) is 0 Å². The van der Waals surface area contributed by atoms with E-state index in [1.807, 2.05) is 0 Å². The molecule has 0 spiro atoms. The average molecular weight is 385 g/mol. The molecule has 28 heavy (non-hydrogen) atoms. The Hall–Kier alpha value is -0.260. The number of hydrogen-bond donors (Lipinski definition) is 0. The van der Waals surface area contributed by atoms with Gasteiger partial charge in [0.05, 0.1) is 0 Å². The second kappa shape index (κ2) is 7.77. The molecule has 4 aliphatic carbocycles. The van der Waals surface area contributed by atoms with Crippen LogP contribution >= 0.6 is 0 Å². The average Bonchev–Trinajstić information content (AvgIpc) is 3.04. The van der Waals surface area contributed by atoms with Crippen LogP contribution in [0.1, 0.15) is 112 Å². The summed E-state index contributed by atoms with van der Waals surface area (Å²) < 4.78 is 0. The molecule has 0 aliphatic heterocycles. The highest BCUT2D eigenvalue weighted by atomic mass is 14.6. The number of allylic oxidation sites excluding steroid dienone is 2. The molecule has 4 fully saturated rings. The van der Waals surface area contributed by atoms with Gasteiger partial charge in [0.1, 0.15) is 0 Å². The van der Waals surface area contributed by atoms with Crippen molar-refractivity contribution in [1.29, 1.82) is 0 Å². The topological polar surface area (TPSA) is 0 Å². The summed E-state index contributed by atoms with van der Waals surface area (Å²) in [5, 5.41) is 0. The van der Waals surface area contributed by atoms with Crippen molar-refractivity contribution < 1.29 is 0 Å². The van der Waals surface area contributed by atoms with Crippen molar-refractivity contribution in [3.63, 3.8) is 0 Å². The van der Waals surface area contributed by atoms with E-state index in [2.05, 4.69) is 47.6 Å². The minimum absolute atomic E-state index is 0.647. The van der Waals surface area contributed by atoms with E-state index in [0.717, 1.165) is 41.4 Å². The highest BCUT2D eigenvalue weighted by Crippen LogP contribution is 2.66. The van der Waals surface area contributed by atoms with Gasteiger partial charge in [-0.15, -0.1) is 0 Å². The van der Waals surface area contributed by atoms with E-state index in [4.69, 9.17) is 0 Å². The van der Waals surface area contributed by atoms with Crippen molar-refractivity contribution in [2.75, 3.05) is 0 Å². The van der Waals surface area contributed by atoms with Crippen LogP contribution in [0.5, 0.6) is 0 Å². The summed E-state index contributed by atoms with van der Waals surface area (Å²) in [4.78, 5) is 0. The van der Waals surface area contributed by atoms with Crippen molar-refractivity contribution in [3.05, 3.63) is 11.6 Å². The predicted molar refractivity (Wildman–Crippen MR) is 122 cm³/mol. The van der Waals surface area contributed by atoms with E-state index in [0.29, 0.717) is 10.8 Å². The Morgan fingerprint density at radius 1 is 0.964 bits per heavy atom. The smallest absolute Gasteiger partial charge is 0.0264 e. The molecule has 0 bridgehead atoms. The minimum Gasteiger partial charge on any atom is -0.0887 e. The summed E-state index contributed by atoms with van der Waals surface area (Å²) in [6.45, 7) is 14.9. The van der Waals surface area contributed by atoms with E-state index in [-0.39, 0.29) is 0 Å². The van der Waals surface area contributed by atoms with Gasteiger partial charge in [0.15, 0.2) is 0 Å². The second-order valence-electron chi connectivity index (χ2n) is 12.4. The van der Waals surface area contributed by atoms with Crippen LogP contribution < -0.4 is 0 Å². The Bertz CT molecular complexity index is 587. The molecule has 0 radical (unpaired) electrons. The number of hydrogen-bond acceptors (Lipinski definition) is 0. The lowest BCUT2D eigenvalue weighted by molar-refractivity contribution is -0.0829. The molecule has 8 unspecified atom stereocenters. The first-order chi connectivity index (χ1) is 13.3. The van der Waals surface area contributed by atoms with E-state index in [9.17, 15) is 0 Å². The maximum absolute atomic E-state index is 2.73. The Labute approximate surface area is 176 Å². The fourth-order valence-corrected chi connectivity index (χ4v) is 9.25. The summed E-state index contributed by atoms with van der Waals surface area (Å²) >= 11 is 0. The number of fused-ring (bicyclic) bond motifs is 5. The molecule has 0 amide bonds. The van der Waals surface area contributed by atoms with Gasteiger partial charge in [-0.1, -0.05) is 45.8 Å². The standard InChI is InChI=1S/C28H48/c1-7-19(3)17-20(4)25-11-12-26-24-10-9-21-18-27(5,8-2)15-13-22(21)23(24)14-16-28(25,26)6/h7,20-26H,8-18H2,1-6H3/b19-7+/t20?,21?,22?,23?,24?,25?,26?,27-,28?/m0/s1. The van der Waals surface area contributed by atoms with Gasteiger partial charge in [-0.3, -0.25) is 0 Å². The van der Waals surface area contributed by atoms with Gasteiger partial charge in [0, 0.05) is 0 Å². The molecule has 0 N–H and O–H groups in total. The van der Waals surface area contributed by atoms with Crippen molar-refractivity contribution >= 4 is 0 Å². The van der Waals surface area contributed by atoms with Crippen molar-refractivity contribution in [2.45, 2.75) is 112 Å². The molecule has 9 atom stereocenters. The quantitative estimate of drug-likeness (QED) is 0.425. The normalized spacial score (nSPS) is 49.9. The molecule has 0 aromatic heterocycles. The third-order valence-electron chi connectivity index (χ3n) is 11.1. The lowest BCUT2D eigenvalue weighted by Crippen LogP contribution is -2.50. The molecule has 0 nitrogen and oxygen atoms in total. The summed E-state index contributed by atoms with van der Waals surface area (Å²) in [5.41, 5.74) is 2.92.